The van der Waals surface area contributed by atoms with Crippen LogP contribution in [-0.4, -0.2) is 5.11 Å². The van der Waals surface area contributed by atoms with E-state index in [1.54, 1.807) is 12.1 Å². The lowest BCUT2D eigenvalue weighted by atomic mass is 10.0. The first kappa shape index (κ1) is 9.13. The van der Waals surface area contributed by atoms with Crippen molar-refractivity contribution in [1.82, 2.24) is 0 Å². The van der Waals surface area contributed by atoms with Crippen LogP contribution in [0.3, 0.4) is 0 Å². The summed E-state index contributed by atoms with van der Waals surface area (Å²) in [4.78, 5) is 0. The van der Waals surface area contributed by atoms with Crippen molar-refractivity contribution in [1.29, 1.82) is 5.26 Å². The van der Waals surface area contributed by atoms with Crippen molar-refractivity contribution in [3.05, 3.63) is 34.5 Å². The normalized spacial score (nSPS) is 10.4. The summed E-state index contributed by atoms with van der Waals surface area (Å²) < 4.78 is 14.1. The van der Waals surface area contributed by atoms with E-state index in [9.17, 15) is 4.39 Å². The maximum absolute atomic E-state index is 13.3. The average Bonchev–Trinajstić information content (AvgIpc) is 2.62. The van der Waals surface area contributed by atoms with E-state index in [4.69, 9.17) is 10.4 Å². The number of hydrogen-bond acceptors (Lipinski definition) is 3. The van der Waals surface area contributed by atoms with Crippen LogP contribution in [0.1, 0.15) is 11.1 Å². The van der Waals surface area contributed by atoms with E-state index >= 15 is 0 Å². The highest BCUT2D eigenvalue weighted by atomic mass is 32.1. The molecule has 0 atom stereocenters. The number of hydrogen-bond donors (Lipinski definition) is 1. The molecule has 0 amide bonds. The molecule has 1 aromatic carbocycles. The lowest BCUT2D eigenvalue weighted by molar-refractivity contribution is 0.282. The van der Waals surface area contributed by atoms with E-state index in [1.165, 1.54) is 17.4 Å². The molecule has 70 valence electrons. The molecule has 2 nitrogen and oxygen atoms in total. The molecule has 0 aliphatic carbocycles. The topological polar surface area (TPSA) is 44.0 Å². The molecule has 0 saturated heterocycles. The van der Waals surface area contributed by atoms with Gasteiger partial charge in [0.25, 0.3) is 0 Å². The van der Waals surface area contributed by atoms with Gasteiger partial charge in [0, 0.05) is 10.3 Å². The highest BCUT2D eigenvalue weighted by Gasteiger charge is 2.12. The molecule has 1 heterocycles. The standard InChI is InChI=1S/C10H6FNOS/c11-9-3-10-6(1-2-14-10)8(5-13)7(9)4-12/h1-3,13H,5H2. The SMILES string of the molecule is N#Cc1c(F)cc2sccc2c1CO. The molecule has 0 spiro atoms. The molecule has 2 rings (SSSR count). The molecule has 0 saturated carbocycles. The maximum atomic E-state index is 13.3. The van der Waals surface area contributed by atoms with Crippen molar-refractivity contribution >= 4 is 21.4 Å². The fourth-order valence-corrected chi connectivity index (χ4v) is 2.27. The molecule has 0 unspecified atom stereocenters. The van der Waals surface area contributed by atoms with Crippen LogP contribution in [-0.2, 0) is 6.61 Å². The number of fused-ring (bicyclic) bond motifs is 1. The maximum Gasteiger partial charge on any atom is 0.142 e. The fourth-order valence-electron chi connectivity index (χ4n) is 1.43. The Morgan fingerprint density at radius 1 is 1.57 bits per heavy atom. The van der Waals surface area contributed by atoms with Crippen molar-refractivity contribution in [2.75, 3.05) is 0 Å². The Morgan fingerprint density at radius 3 is 3.00 bits per heavy atom. The van der Waals surface area contributed by atoms with E-state index in [0.29, 0.717) is 5.56 Å². The van der Waals surface area contributed by atoms with Gasteiger partial charge in [-0.15, -0.1) is 11.3 Å². The summed E-state index contributed by atoms with van der Waals surface area (Å²) >= 11 is 1.39. The summed E-state index contributed by atoms with van der Waals surface area (Å²) in [7, 11) is 0. The molecule has 0 aliphatic rings. The van der Waals surface area contributed by atoms with E-state index < -0.39 is 5.82 Å². The Morgan fingerprint density at radius 2 is 2.36 bits per heavy atom. The molecule has 1 N–H and O–H groups in total. The molecule has 0 fully saturated rings. The zero-order valence-electron chi connectivity index (χ0n) is 7.12. The van der Waals surface area contributed by atoms with Crippen LogP contribution in [0.25, 0.3) is 10.1 Å². The summed E-state index contributed by atoms with van der Waals surface area (Å²) in [5, 5.41) is 20.4. The number of halogens is 1. The van der Waals surface area contributed by atoms with E-state index in [-0.39, 0.29) is 12.2 Å². The van der Waals surface area contributed by atoms with Crippen LogP contribution in [0.15, 0.2) is 17.5 Å². The predicted molar refractivity (Wildman–Crippen MR) is 52.4 cm³/mol. The molecule has 2 aromatic rings. The van der Waals surface area contributed by atoms with Gasteiger partial charge in [0.05, 0.1) is 12.2 Å². The number of benzene rings is 1. The van der Waals surface area contributed by atoms with Gasteiger partial charge in [0.1, 0.15) is 11.9 Å². The number of thiophene rings is 1. The Labute approximate surface area is 83.8 Å². The van der Waals surface area contributed by atoms with Crippen LogP contribution in [0.5, 0.6) is 0 Å². The van der Waals surface area contributed by atoms with Gasteiger partial charge in [0.15, 0.2) is 0 Å². The first-order chi connectivity index (χ1) is 6.77. The first-order valence-corrected chi connectivity index (χ1v) is 4.85. The third-order valence-electron chi connectivity index (χ3n) is 2.09. The Bertz CT molecular complexity index is 527. The highest BCUT2D eigenvalue weighted by Crippen LogP contribution is 2.28. The quantitative estimate of drug-likeness (QED) is 0.780. The smallest absolute Gasteiger partial charge is 0.142 e. The lowest BCUT2D eigenvalue weighted by Gasteiger charge is -2.03. The Kier molecular flexibility index (Phi) is 2.20. The Balaban J connectivity index is 2.91. The number of aliphatic hydroxyl groups is 1. The van der Waals surface area contributed by atoms with Crippen LogP contribution < -0.4 is 0 Å². The monoisotopic (exact) mass is 207 g/mol. The lowest BCUT2D eigenvalue weighted by Crippen LogP contribution is -1.94. The van der Waals surface area contributed by atoms with Gasteiger partial charge in [-0.25, -0.2) is 4.39 Å². The van der Waals surface area contributed by atoms with Crippen molar-refractivity contribution in [3.63, 3.8) is 0 Å². The minimum absolute atomic E-state index is 0.0570. The summed E-state index contributed by atoms with van der Waals surface area (Å²) in [6.45, 7) is -0.312. The van der Waals surface area contributed by atoms with E-state index in [1.807, 2.05) is 5.38 Å². The van der Waals surface area contributed by atoms with Gasteiger partial charge >= 0.3 is 0 Å². The minimum atomic E-state index is -0.563. The molecule has 4 heteroatoms. The predicted octanol–water partition coefficient (Wildman–Crippen LogP) is 2.40. The zero-order chi connectivity index (χ0) is 10.1. The largest absolute Gasteiger partial charge is 0.392 e. The van der Waals surface area contributed by atoms with Crippen LogP contribution in [0.4, 0.5) is 4.39 Å². The second-order valence-electron chi connectivity index (χ2n) is 2.81. The van der Waals surface area contributed by atoms with Gasteiger partial charge in [0.2, 0.25) is 0 Å². The van der Waals surface area contributed by atoms with Gasteiger partial charge in [-0.05, 0) is 22.9 Å². The molecule has 14 heavy (non-hydrogen) atoms. The van der Waals surface area contributed by atoms with Crippen LogP contribution in [0, 0.1) is 17.1 Å². The van der Waals surface area contributed by atoms with E-state index in [2.05, 4.69) is 0 Å². The second kappa shape index (κ2) is 3.37. The van der Waals surface area contributed by atoms with Crippen molar-refractivity contribution in [2.45, 2.75) is 6.61 Å². The van der Waals surface area contributed by atoms with E-state index in [0.717, 1.165) is 10.1 Å². The summed E-state index contributed by atoms with van der Waals surface area (Å²) in [5.41, 5.74) is 0.321. The average molecular weight is 207 g/mol. The van der Waals surface area contributed by atoms with Gasteiger partial charge < -0.3 is 5.11 Å². The number of nitrogens with zero attached hydrogens (tertiary/aromatic N) is 1. The molecule has 0 bridgehead atoms. The van der Waals surface area contributed by atoms with Crippen molar-refractivity contribution < 1.29 is 9.50 Å². The molecular weight excluding hydrogens is 201 g/mol. The zero-order valence-corrected chi connectivity index (χ0v) is 7.94. The van der Waals surface area contributed by atoms with Crippen LogP contribution in [0.2, 0.25) is 0 Å². The Hall–Kier alpha value is -1.44. The van der Waals surface area contributed by atoms with Gasteiger partial charge in [-0.1, -0.05) is 0 Å². The van der Waals surface area contributed by atoms with Gasteiger partial charge in [-0.2, -0.15) is 5.26 Å². The number of rotatable bonds is 1. The molecular formula is C10H6FNOS. The summed E-state index contributed by atoms with van der Waals surface area (Å²) in [6.07, 6.45) is 0. The first-order valence-electron chi connectivity index (χ1n) is 3.97. The fraction of sp³-hybridized carbons (Fsp3) is 0.100. The summed E-state index contributed by atoms with van der Waals surface area (Å²) in [6, 6.07) is 4.88. The van der Waals surface area contributed by atoms with Crippen molar-refractivity contribution in [3.8, 4) is 6.07 Å². The number of aliphatic hydroxyl groups excluding tert-OH is 1. The molecule has 0 radical (unpaired) electrons. The summed E-state index contributed by atoms with van der Waals surface area (Å²) in [5.74, 6) is -0.563. The number of nitriles is 1. The molecule has 0 aliphatic heterocycles. The highest BCUT2D eigenvalue weighted by molar-refractivity contribution is 7.17. The van der Waals surface area contributed by atoms with Gasteiger partial charge in [-0.3, -0.25) is 0 Å². The van der Waals surface area contributed by atoms with Crippen molar-refractivity contribution in [2.24, 2.45) is 0 Å². The molecule has 1 aromatic heterocycles. The minimum Gasteiger partial charge on any atom is -0.392 e. The van der Waals surface area contributed by atoms with Crippen LogP contribution >= 0.6 is 11.3 Å². The third kappa shape index (κ3) is 1.18. The second-order valence-corrected chi connectivity index (χ2v) is 3.76. The third-order valence-corrected chi connectivity index (χ3v) is 2.95.